The number of terminal acetylenes is 1. The zero-order valence-corrected chi connectivity index (χ0v) is 9.22. The summed E-state index contributed by atoms with van der Waals surface area (Å²) >= 11 is 0. The number of anilines is 1. The predicted molar refractivity (Wildman–Crippen MR) is 60.8 cm³/mol. The number of hydrogen-bond acceptors (Lipinski definition) is 1. The van der Waals surface area contributed by atoms with Crippen LogP contribution in [0.2, 0.25) is 0 Å². The Labute approximate surface area is 98.2 Å². The molecule has 2 rings (SSSR count). The Bertz CT molecular complexity index is 451. The molecule has 1 aromatic rings. The van der Waals surface area contributed by atoms with Crippen LogP contribution in [0.15, 0.2) is 18.2 Å². The number of alkyl halides is 3. The molecule has 1 saturated heterocycles. The van der Waals surface area contributed by atoms with E-state index < -0.39 is 11.7 Å². The first-order valence-corrected chi connectivity index (χ1v) is 5.45. The fourth-order valence-corrected chi connectivity index (χ4v) is 2.05. The van der Waals surface area contributed by atoms with Crippen LogP contribution in [0.4, 0.5) is 18.9 Å². The molecule has 0 unspecified atom stereocenters. The molecule has 0 bridgehead atoms. The van der Waals surface area contributed by atoms with Crippen molar-refractivity contribution in [1.29, 1.82) is 0 Å². The van der Waals surface area contributed by atoms with E-state index in [0.29, 0.717) is 11.3 Å². The van der Waals surface area contributed by atoms with Gasteiger partial charge in [0.2, 0.25) is 0 Å². The van der Waals surface area contributed by atoms with E-state index in [1.54, 1.807) is 0 Å². The summed E-state index contributed by atoms with van der Waals surface area (Å²) in [5, 5.41) is 0. The highest BCUT2D eigenvalue weighted by Gasteiger charge is 2.31. The molecule has 1 aromatic carbocycles. The highest BCUT2D eigenvalue weighted by Crippen LogP contribution is 2.34. The standard InChI is InChI=1S/C13H12F3N/c1-2-10-5-6-11(13(14,15)16)9-12(10)17-7-3-4-8-17/h1,5-6,9H,3-4,7-8H2. The minimum atomic E-state index is -4.32. The molecule has 0 N–H and O–H groups in total. The Balaban J connectivity index is 2.43. The molecule has 1 nitrogen and oxygen atoms in total. The van der Waals surface area contributed by atoms with Gasteiger partial charge in [-0.25, -0.2) is 0 Å². The molecule has 90 valence electrons. The second-order valence-electron chi connectivity index (χ2n) is 4.07. The molecule has 0 aromatic heterocycles. The number of hydrogen-bond donors (Lipinski definition) is 0. The molecule has 1 aliphatic rings. The Morgan fingerprint density at radius 2 is 1.82 bits per heavy atom. The lowest BCUT2D eigenvalue weighted by Gasteiger charge is -2.21. The van der Waals surface area contributed by atoms with Crippen LogP contribution in [-0.4, -0.2) is 13.1 Å². The van der Waals surface area contributed by atoms with Gasteiger partial charge in [-0.15, -0.1) is 6.42 Å². The first-order valence-electron chi connectivity index (χ1n) is 5.45. The van der Waals surface area contributed by atoms with Gasteiger partial charge in [-0.05, 0) is 31.0 Å². The Kier molecular flexibility index (Phi) is 3.01. The van der Waals surface area contributed by atoms with E-state index in [4.69, 9.17) is 6.42 Å². The number of halogens is 3. The summed E-state index contributed by atoms with van der Waals surface area (Å²) < 4.78 is 37.9. The van der Waals surface area contributed by atoms with Gasteiger partial charge in [0.1, 0.15) is 0 Å². The first-order chi connectivity index (χ1) is 8.02. The van der Waals surface area contributed by atoms with Gasteiger partial charge in [-0.1, -0.05) is 5.92 Å². The molecule has 0 amide bonds. The zero-order chi connectivity index (χ0) is 12.5. The fourth-order valence-electron chi connectivity index (χ4n) is 2.05. The van der Waals surface area contributed by atoms with E-state index in [1.807, 2.05) is 4.90 Å². The predicted octanol–water partition coefficient (Wildman–Crippen LogP) is 3.29. The van der Waals surface area contributed by atoms with Crippen molar-refractivity contribution in [1.82, 2.24) is 0 Å². The van der Waals surface area contributed by atoms with Crippen molar-refractivity contribution < 1.29 is 13.2 Å². The van der Waals surface area contributed by atoms with E-state index in [0.717, 1.165) is 38.1 Å². The summed E-state index contributed by atoms with van der Waals surface area (Å²) in [5.74, 6) is 2.44. The van der Waals surface area contributed by atoms with E-state index in [9.17, 15) is 13.2 Å². The molecule has 0 saturated carbocycles. The topological polar surface area (TPSA) is 3.24 Å². The van der Waals surface area contributed by atoms with Gasteiger partial charge >= 0.3 is 6.18 Å². The van der Waals surface area contributed by atoms with Crippen molar-refractivity contribution in [2.45, 2.75) is 19.0 Å². The molecule has 1 aliphatic heterocycles. The lowest BCUT2D eigenvalue weighted by Crippen LogP contribution is -2.19. The lowest BCUT2D eigenvalue weighted by molar-refractivity contribution is -0.137. The van der Waals surface area contributed by atoms with Gasteiger partial charge in [0.15, 0.2) is 0 Å². The van der Waals surface area contributed by atoms with Crippen LogP contribution in [0, 0.1) is 12.3 Å². The Morgan fingerprint density at radius 3 is 2.35 bits per heavy atom. The van der Waals surface area contributed by atoms with Crippen LogP contribution in [0.25, 0.3) is 0 Å². The van der Waals surface area contributed by atoms with Crippen molar-refractivity contribution in [3.8, 4) is 12.3 Å². The van der Waals surface area contributed by atoms with Gasteiger partial charge < -0.3 is 4.90 Å². The minimum absolute atomic E-state index is 0.528. The maximum absolute atomic E-state index is 12.6. The second kappa shape index (κ2) is 4.33. The van der Waals surface area contributed by atoms with Crippen LogP contribution in [0.1, 0.15) is 24.0 Å². The molecular formula is C13H12F3N. The summed E-state index contributed by atoms with van der Waals surface area (Å²) in [6.45, 7) is 1.55. The SMILES string of the molecule is C#Cc1ccc(C(F)(F)F)cc1N1CCCC1. The molecule has 1 fully saturated rings. The van der Waals surface area contributed by atoms with Gasteiger partial charge in [0.25, 0.3) is 0 Å². The van der Waals surface area contributed by atoms with Crippen molar-refractivity contribution in [2.75, 3.05) is 18.0 Å². The smallest absolute Gasteiger partial charge is 0.371 e. The molecule has 17 heavy (non-hydrogen) atoms. The third-order valence-electron chi connectivity index (χ3n) is 2.93. The van der Waals surface area contributed by atoms with Gasteiger partial charge in [-0.3, -0.25) is 0 Å². The maximum Gasteiger partial charge on any atom is 0.416 e. The highest BCUT2D eigenvalue weighted by molar-refractivity contribution is 5.62. The summed E-state index contributed by atoms with van der Waals surface area (Å²) in [6.07, 6.45) is 3.00. The summed E-state index contributed by atoms with van der Waals surface area (Å²) in [7, 11) is 0. The first kappa shape index (κ1) is 11.8. The normalized spacial score (nSPS) is 16.0. The van der Waals surface area contributed by atoms with Crippen LogP contribution >= 0.6 is 0 Å². The fraction of sp³-hybridized carbons (Fsp3) is 0.385. The molecule has 4 heteroatoms. The molecule has 0 spiro atoms. The Hall–Kier alpha value is -1.63. The van der Waals surface area contributed by atoms with Crippen LogP contribution < -0.4 is 4.90 Å². The number of rotatable bonds is 1. The van der Waals surface area contributed by atoms with E-state index >= 15 is 0 Å². The summed E-state index contributed by atoms with van der Waals surface area (Å²) in [5.41, 5.74) is 0.415. The quantitative estimate of drug-likeness (QED) is 0.680. The average Bonchev–Trinajstić information content (AvgIpc) is 2.80. The monoisotopic (exact) mass is 239 g/mol. The van der Waals surface area contributed by atoms with Crippen molar-refractivity contribution in [3.63, 3.8) is 0 Å². The highest BCUT2D eigenvalue weighted by atomic mass is 19.4. The van der Waals surface area contributed by atoms with Gasteiger partial charge in [0, 0.05) is 18.7 Å². The van der Waals surface area contributed by atoms with Crippen LogP contribution in [0.3, 0.4) is 0 Å². The average molecular weight is 239 g/mol. The number of nitrogens with zero attached hydrogens (tertiary/aromatic N) is 1. The van der Waals surface area contributed by atoms with E-state index in [-0.39, 0.29) is 0 Å². The molecular weight excluding hydrogens is 227 g/mol. The van der Waals surface area contributed by atoms with E-state index in [1.165, 1.54) is 6.07 Å². The molecule has 1 heterocycles. The van der Waals surface area contributed by atoms with Crippen molar-refractivity contribution in [2.24, 2.45) is 0 Å². The largest absolute Gasteiger partial charge is 0.416 e. The molecule has 0 aliphatic carbocycles. The molecule has 0 atom stereocenters. The van der Waals surface area contributed by atoms with Gasteiger partial charge in [0.05, 0.1) is 11.3 Å². The van der Waals surface area contributed by atoms with Crippen molar-refractivity contribution in [3.05, 3.63) is 29.3 Å². The van der Waals surface area contributed by atoms with E-state index in [2.05, 4.69) is 5.92 Å². The number of benzene rings is 1. The lowest BCUT2D eigenvalue weighted by atomic mass is 10.1. The maximum atomic E-state index is 12.6. The van der Waals surface area contributed by atoms with Crippen LogP contribution in [-0.2, 0) is 6.18 Å². The van der Waals surface area contributed by atoms with Gasteiger partial charge in [-0.2, -0.15) is 13.2 Å². The summed E-state index contributed by atoms with van der Waals surface area (Å²) in [4.78, 5) is 1.92. The second-order valence-corrected chi connectivity index (χ2v) is 4.07. The zero-order valence-electron chi connectivity index (χ0n) is 9.22. The third kappa shape index (κ3) is 2.38. The molecule has 0 radical (unpaired) electrons. The summed E-state index contributed by atoms with van der Waals surface area (Å²) in [6, 6.07) is 3.56. The Morgan fingerprint density at radius 1 is 1.18 bits per heavy atom. The minimum Gasteiger partial charge on any atom is -0.371 e. The van der Waals surface area contributed by atoms with Crippen molar-refractivity contribution >= 4 is 5.69 Å². The van der Waals surface area contributed by atoms with Crippen LogP contribution in [0.5, 0.6) is 0 Å². The third-order valence-corrected chi connectivity index (χ3v) is 2.93.